The van der Waals surface area contributed by atoms with Gasteiger partial charge in [0.15, 0.2) is 0 Å². The number of nitrogens with zero attached hydrogens (tertiary/aromatic N) is 1. The molecule has 0 aliphatic carbocycles. The molecule has 0 aliphatic rings. The summed E-state index contributed by atoms with van der Waals surface area (Å²) < 4.78 is 0. The number of carbonyl (C=O) groups is 1. The minimum atomic E-state index is -0.367. The second-order valence-electron chi connectivity index (χ2n) is 4.59. The first-order valence-electron chi connectivity index (χ1n) is 5.19. The summed E-state index contributed by atoms with van der Waals surface area (Å²) >= 11 is 0. The highest BCUT2D eigenvalue weighted by Crippen LogP contribution is 2.19. The van der Waals surface area contributed by atoms with Gasteiger partial charge in [0.25, 0.3) is 0 Å². The van der Waals surface area contributed by atoms with Crippen LogP contribution >= 0.6 is 0 Å². The normalized spacial score (nSPS) is 11.2. The average molecular weight is 206 g/mol. The van der Waals surface area contributed by atoms with E-state index in [9.17, 15) is 4.79 Å². The molecule has 82 valence electrons. The minimum Gasteiger partial charge on any atom is -0.325 e. The van der Waals surface area contributed by atoms with Gasteiger partial charge in [-0.25, -0.2) is 0 Å². The lowest BCUT2D eigenvalue weighted by Crippen LogP contribution is -2.28. The van der Waals surface area contributed by atoms with E-state index in [1.54, 1.807) is 12.4 Å². The van der Waals surface area contributed by atoms with Gasteiger partial charge in [-0.3, -0.25) is 9.78 Å². The van der Waals surface area contributed by atoms with Crippen LogP contribution in [0.3, 0.4) is 0 Å². The van der Waals surface area contributed by atoms with E-state index in [0.717, 1.165) is 17.7 Å². The highest BCUT2D eigenvalue weighted by Gasteiger charge is 2.21. The first-order valence-corrected chi connectivity index (χ1v) is 5.19. The number of aryl methyl sites for hydroxylation is 1. The van der Waals surface area contributed by atoms with Crippen LogP contribution in [-0.2, 0) is 11.2 Å². The molecule has 1 N–H and O–H groups in total. The predicted molar refractivity (Wildman–Crippen MR) is 61.7 cm³/mol. The average Bonchev–Trinajstić information content (AvgIpc) is 2.17. The zero-order valence-corrected chi connectivity index (χ0v) is 9.79. The van der Waals surface area contributed by atoms with Crippen LogP contribution in [0, 0.1) is 5.41 Å². The van der Waals surface area contributed by atoms with Crippen LogP contribution in [0.5, 0.6) is 0 Å². The summed E-state index contributed by atoms with van der Waals surface area (Å²) in [4.78, 5) is 15.8. The van der Waals surface area contributed by atoms with Crippen molar-refractivity contribution in [3.8, 4) is 0 Å². The van der Waals surface area contributed by atoms with Crippen LogP contribution in [0.4, 0.5) is 5.69 Å². The van der Waals surface area contributed by atoms with E-state index in [1.165, 1.54) is 0 Å². The van der Waals surface area contributed by atoms with Crippen molar-refractivity contribution in [2.24, 2.45) is 5.41 Å². The van der Waals surface area contributed by atoms with Gasteiger partial charge in [-0.05, 0) is 18.1 Å². The van der Waals surface area contributed by atoms with Gasteiger partial charge >= 0.3 is 0 Å². The molecule has 0 radical (unpaired) electrons. The molecule has 0 bridgehead atoms. The van der Waals surface area contributed by atoms with E-state index < -0.39 is 0 Å². The molecule has 15 heavy (non-hydrogen) atoms. The SMILES string of the molecule is CCc1cnccc1NC(=O)C(C)(C)C. The zero-order valence-electron chi connectivity index (χ0n) is 9.79. The monoisotopic (exact) mass is 206 g/mol. The number of nitrogens with one attached hydrogen (secondary N) is 1. The molecule has 1 amide bonds. The van der Waals surface area contributed by atoms with Crippen LogP contribution in [0.15, 0.2) is 18.5 Å². The van der Waals surface area contributed by atoms with Crippen LogP contribution < -0.4 is 5.32 Å². The maximum atomic E-state index is 11.8. The predicted octanol–water partition coefficient (Wildman–Crippen LogP) is 2.63. The molecule has 1 rings (SSSR count). The van der Waals surface area contributed by atoms with Gasteiger partial charge < -0.3 is 5.32 Å². The van der Waals surface area contributed by atoms with Gasteiger partial charge in [0, 0.05) is 23.5 Å². The van der Waals surface area contributed by atoms with E-state index in [1.807, 2.05) is 33.8 Å². The maximum Gasteiger partial charge on any atom is 0.229 e. The Morgan fingerprint density at radius 1 is 1.47 bits per heavy atom. The van der Waals surface area contributed by atoms with Crippen LogP contribution in [0.1, 0.15) is 33.3 Å². The molecule has 0 atom stereocenters. The highest BCUT2D eigenvalue weighted by molar-refractivity contribution is 5.95. The molecule has 0 saturated heterocycles. The fourth-order valence-corrected chi connectivity index (χ4v) is 1.14. The van der Waals surface area contributed by atoms with Crippen molar-refractivity contribution in [3.05, 3.63) is 24.0 Å². The molecule has 1 aromatic rings. The number of pyridine rings is 1. The molecule has 1 heterocycles. The number of hydrogen-bond acceptors (Lipinski definition) is 2. The molecular formula is C12H18N2O. The lowest BCUT2D eigenvalue weighted by molar-refractivity contribution is -0.123. The van der Waals surface area contributed by atoms with Gasteiger partial charge in [-0.1, -0.05) is 27.7 Å². The first kappa shape index (κ1) is 11.7. The van der Waals surface area contributed by atoms with Crippen molar-refractivity contribution in [2.75, 3.05) is 5.32 Å². The molecule has 3 nitrogen and oxygen atoms in total. The topological polar surface area (TPSA) is 42.0 Å². The van der Waals surface area contributed by atoms with E-state index in [0.29, 0.717) is 0 Å². The van der Waals surface area contributed by atoms with E-state index >= 15 is 0 Å². The van der Waals surface area contributed by atoms with Crippen LogP contribution in [-0.4, -0.2) is 10.9 Å². The summed E-state index contributed by atoms with van der Waals surface area (Å²) in [7, 11) is 0. The highest BCUT2D eigenvalue weighted by atomic mass is 16.2. The van der Waals surface area contributed by atoms with Crippen molar-refractivity contribution in [1.82, 2.24) is 4.98 Å². The van der Waals surface area contributed by atoms with Crippen molar-refractivity contribution in [3.63, 3.8) is 0 Å². The summed E-state index contributed by atoms with van der Waals surface area (Å²) in [5.41, 5.74) is 1.57. The number of rotatable bonds is 2. The van der Waals surface area contributed by atoms with E-state index in [2.05, 4.69) is 10.3 Å². The molecule has 1 aromatic heterocycles. The van der Waals surface area contributed by atoms with Crippen LogP contribution in [0.25, 0.3) is 0 Å². The molecule has 0 aromatic carbocycles. The smallest absolute Gasteiger partial charge is 0.229 e. The largest absolute Gasteiger partial charge is 0.325 e. The van der Waals surface area contributed by atoms with Gasteiger partial charge in [0.1, 0.15) is 0 Å². The number of anilines is 1. The quantitative estimate of drug-likeness (QED) is 0.808. The van der Waals surface area contributed by atoms with Gasteiger partial charge in [0.2, 0.25) is 5.91 Å². The van der Waals surface area contributed by atoms with Crippen LogP contribution in [0.2, 0.25) is 0 Å². The number of carbonyl (C=O) groups excluding carboxylic acids is 1. The zero-order chi connectivity index (χ0) is 11.5. The Kier molecular flexibility index (Phi) is 3.45. The Labute approximate surface area is 90.9 Å². The lowest BCUT2D eigenvalue weighted by atomic mass is 9.95. The fraction of sp³-hybridized carbons (Fsp3) is 0.500. The number of hydrogen-bond donors (Lipinski definition) is 1. The summed E-state index contributed by atoms with van der Waals surface area (Å²) in [6, 6.07) is 1.84. The maximum absolute atomic E-state index is 11.8. The van der Waals surface area contributed by atoms with Gasteiger partial charge in [-0.15, -0.1) is 0 Å². The Bertz CT molecular complexity index is 353. The first-order chi connectivity index (χ1) is 6.95. The lowest BCUT2D eigenvalue weighted by Gasteiger charge is -2.18. The second kappa shape index (κ2) is 4.43. The third-order valence-electron chi connectivity index (χ3n) is 2.21. The van der Waals surface area contributed by atoms with Gasteiger partial charge in [-0.2, -0.15) is 0 Å². The minimum absolute atomic E-state index is 0.0309. The number of amides is 1. The molecule has 3 heteroatoms. The second-order valence-corrected chi connectivity index (χ2v) is 4.59. The van der Waals surface area contributed by atoms with E-state index in [-0.39, 0.29) is 11.3 Å². The molecule has 0 fully saturated rings. The molecule has 0 aliphatic heterocycles. The van der Waals surface area contributed by atoms with Crippen molar-refractivity contribution in [1.29, 1.82) is 0 Å². The van der Waals surface area contributed by atoms with Crippen molar-refractivity contribution >= 4 is 11.6 Å². The Morgan fingerprint density at radius 3 is 2.67 bits per heavy atom. The van der Waals surface area contributed by atoms with Crippen molar-refractivity contribution < 1.29 is 4.79 Å². The molecular weight excluding hydrogens is 188 g/mol. The summed E-state index contributed by atoms with van der Waals surface area (Å²) in [6.45, 7) is 7.74. The Hall–Kier alpha value is -1.38. The van der Waals surface area contributed by atoms with Crippen molar-refractivity contribution in [2.45, 2.75) is 34.1 Å². The summed E-state index contributed by atoms with van der Waals surface area (Å²) in [5, 5.41) is 2.92. The third-order valence-corrected chi connectivity index (χ3v) is 2.21. The Balaban J connectivity index is 2.85. The molecule has 0 spiro atoms. The fourth-order valence-electron chi connectivity index (χ4n) is 1.14. The van der Waals surface area contributed by atoms with Gasteiger partial charge in [0.05, 0.1) is 0 Å². The van der Waals surface area contributed by atoms with E-state index in [4.69, 9.17) is 0 Å². The molecule has 0 saturated carbocycles. The third kappa shape index (κ3) is 3.05. The number of aromatic nitrogens is 1. The summed E-state index contributed by atoms with van der Waals surface area (Å²) in [6.07, 6.45) is 4.35. The molecule has 0 unspecified atom stereocenters. The standard InChI is InChI=1S/C12H18N2O/c1-5-9-8-13-7-6-10(9)14-11(15)12(2,3)4/h6-8H,5H2,1-4H3,(H,13,14,15). The Morgan fingerprint density at radius 2 is 2.13 bits per heavy atom. The summed E-state index contributed by atoms with van der Waals surface area (Å²) in [5.74, 6) is 0.0309.